The third-order valence-corrected chi connectivity index (χ3v) is 11.5. The number of carbonyl (C=O) groups excluding carboxylic acids is 6. The molecule has 3 heterocycles. The summed E-state index contributed by atoms with van der Waals surface area (Å²) in [6.07, 6.45) is -22.1. The molecule has 0 spiro atoms. The van der Waals surface area contributed by atoms with Crippen molar-refractivity contribution >= 4 is 35.8 Å². The Kier molecular flexibility index (Phi) is 20.6. The molecule has 0 unspecified atom stereocenters. The van der Waals surface area contributed by atoms with E-state index in [9.17, 15) is 33.9 Å². The predicted octanol–water partition coefficient (Wildman–Crippen LogP) is 3.55. The minimum atomic E-state index is -1.87. The Hall–Kier alpha value is -5.88. The summed E-state index contributed by atoms with van der Waals surface area (Å²) in [4.78, 5) is 75.2. The second-order valence-electron chi connectivity index (χ2n) is 17.2. The van der Waals surface area contributed by atoms with Crippen LogP contribution in [0.1, 0.15) is 65.2 Å². The number of carbonyl (C=O) groups is 6. The highest BCUT2D eigenvalue weighted by Gasteiger charge is 2.58. The molecule has 15 atom stereocenters. The molecule has 3 aliphatic heterocycles. The van der Waals surface area contributed by atoms with Crippen LogP contribution in [0.5, 0.6) is 0 Å². The van der Waals surface area contributed by atoms with Gasteiger partial charge in [-0.25, -0.2) is 0 Å². The summed E-state index contributed by atoms with van der Waals surface area (Å²) in [5.74, 6) is -5.16. The van der Waals surface area contributed by atoms with E-state index in [0.717, 1.165) is 58.2 Å². The smallest absolute Gasteiger partial charge is 0.305 e. The van der Waals surface area contributed by atoms with Gasteiger partial charge >= 0.3 is 35.8 Å². The molecule has 392 valence electrons. The highest BCUT2D eigenvalue weighted by molar-refractivity contribution is 5.69. The fourth-order valence-electron chi connectivity index (χ4n) is 8.38. The average Bonchev–Trinajstić information content (AvgIpc) is 3.33. The highest BCUT2D eigenvalue weighted by atomic mass is 16.8. The van der Waals surface area contributed by atoms with E-state index in [2.05, 4.69) is 0 Å². The molecule has 0 bridgehead atoms. The summed E-state index contributed by atoms with van der Waals surface area (Å²) in [5.41, 5.74) is 2.49. The Morgan fingerprint density at radius 3 is 1.28 bits per heavy atom. The molecule has 21 heteroatoms. The number of aliphatic hydroxyl groups excluding tert-OH is 1. The van der Waals surface area contributed by atoms with Gasteiger partial charge in [0.25, 0.3) is 0 Å². The van der Waals surface area contributed by atoms with Crippen LogP contribution in [0.15, 0.2) is 91.0 Å². The van der Waals surface area contributed by atoms with Crippen molar-refractivity contribution in [2.45, 2.75) is 160 Å². The third-order valence-electron chi connectivity index (χ3n) is 11.5. The quantitative estimate of drug-likeness (QED) is 0.118. The lowest BCUT2D eigenvalue weighted by molar-refractivity contribution is -0.382. The maximum absolute atomic E-state index is 13.2. The van der Waals surface area contributed by atoms with Crippen molar-refractivity contribution < 1.29 is 100 Å². The van der Waals surface area contributed by atoms with Crippen molar-refractivity contribution in [2.24, 2.45) is 0 Å². The van der Waals surface area contributed by atoms with Gasteiger partial charge in [-0.2, -0.15) is 0 Å². The Labute approximate surface area is 416 Å². The molecule has 0 radical (unpaired) electrons. The fourth-order valence-corrected chi connectivity index (χ4v) is 8.38. The Morgan fingerprint density at radius 1 is 0.417 bits per heavy atom. The summed E-state index contributed by atoms with van der Waals surface area (Å²) in [6, 6.07) is 28.2. The zero-order chi connectivity index (χ0) is 51.9. The van der Waals surface area contributed by atoms with Crippen LogP contribution >= 0.6 is 0 Å². The second-order valence-corrected chi connectivity index (χ2v) is 17.2. The lowest BCUT2D eigenvalue weighted by Gasteiger charge is -2.50. The summed E-state index contributed by atoms with van der Waals surface area (Å²) in [7, 11) is 0. The predicted molar refractivity (Wildman–Crippen MR) is 244 cm³/mol. The molecule has 72 heavy (non-hydrogen) atoms. The molecule has 0 amide bonds. The van der Waals surface area contributed by atoms with Gasteiger partial charge < -0.3 is 71.4 Å². The summed E-state index contributed by atoms with van der Waals surface area (Å²) in [6.45, 7) is 7.27. The van der Waals surface area contributed by atoms with Gasteiger partial charge in [-0.3, -0.25) is 28.8 Å². The van der Waals surface area contributed by atoms with Gasteiger partial charge in [0.1, 0.15) is 62.0 Å². The van der Waals surface area contributed by atoms with Crippen LogP contribution < -0.4 is 0 Å². The van der Waals surface area contributed by atoms with Crippen LogP contribution in [0.25, 0.3) is 0 Å². The monoisotopic (exact) mass is 1010 g/mol. The number of benzene rings is 3. The van der Waals surface area contributed by atoms with E-state index in [1.165, 1.54) is 0 Å². The van der Waals surface area contributed by atoms with Crippen molar-refractivity contribution in [1.29, 1.82) is 0 Å². The number of ether oxygens (including phenoxy) is 14. The molecule has 0 saturated carbocycles. The molecule has 21 nitrogen and oxygen atoms in total. The van der Waals surface area contributed by atoms with Crippen LogP contribution in [0.2, 0.25) is 0 Å². The average molecular weight is 1010 g/mol. The van der Waals surface area contributed by atoms with E-state index >= 15 is 0 Å². The number of hydrogen-bond donors (Lipinski definition) is 1. The number of esters is 6. The van der Waals surface area contributed by atoms with E-state index in [0.29, 0.717) is 0 Å². The largest absolute Gasteiger partial charge is 0.463 e. The molecule has 3 fully saturated rings. The van der Waals surface area contributed by atoms with Crippen LogP contribution in [-0.4, -0.2) is 146 Å². The van der Waals surface area contributed by atoms with Gasteiger partial charge in [0.2, 0.25) is 12.4 Å². The van der Waals surface area contributed by atoms with E-state index in [1.807, 2.05) is 91.0 Å². The Morgan fingerprint density at radius 2 is 0.806 bits per heavy atom. The van der Waals surface area contributed by atoms with Crippen molar-refractivity contribution in [3.63, 3.8) is 0 Å². The molecular formula is C51H62O21. The number of rotatable bonds is 21. The second kappa shape index (κ2) is 26.7. The standard InChI is InChI=1S/C51H62O21/c1-28-41(61-23-35-17-11-8-12-18-35)44(62-24-36-19-13-9-14-20-36)46(63-25-37-21-15-10-16-22-37)49(64-28)72-43-40(58)38(26-59-29(2)52)69-51(47(43)66-32(5)55)71-42-39(27-60-30(3)53)70-50(68-34(7)57)48(67-33(6)56)45(42)65-31(4)54/h8-22,28,38-51,58H,23-27H2,1-7H3/t28-,38-,39-,40-,41-,42-,43+,44-,45+,46-,47-,48+,49-,50-,51-/m0/s1. The number of hydrogen-bond acceptors (Lipinski definition) is 21. The van der Waals surface area contributed by atoms with Crippen molar-refractivity contribution in [3.05, 3.63) is 108 Å². The van der Waals surface area contributed by atoms with Gasteiger partial charge in [-0.05, 0) is 23.6 Å². The van der Waals surface area contributed by atoms with Gasteiger partial charge in [-0.15, -0.1) is 0 Å². The SMILES string of the molecule is CC(=O)OC[C@@H]1O[C@@H](O[C@@H]2[C@@H](OC(C)=O)[C@@H](OC(C)=O)[C@@H](OC(C)=O)O[C@H]2COC(C)=O)[C@@H](OC(C)=O)[C@H](O[C@@H]2O[C@@H](C)[C@H](OCc3ccccc3)[C@H](OCc3ccccc3)[C@@H]2OCc2ccccc2)[C@H]1O. The van der Waals surface area contributed by atoms with Crippen molar-refractivity contribution in [2.75, 3.05) is 13.2 Å². The Balaban J connectivity index is 1.42. The van der Waals surface area contributed by atoms with Gasteiger partial charge in [0, 0.05) is 41.5 Å². The van der Waals surface area contributed by atoms with Gasteiger partial charge in [0.05, 0.1) is 25.9 Å². The molecule has 6 rings (SSSR count). The van der Waals surface area contributed by atoms with Crippen LogP contribution in [0, 0.1) is 0 Å². The Bertz CT molecular complexity index is 2230. The normalized spacial score (nSPS) is 30.2. The number of aliphatic hydroxyl groups is 1. The summed E-state index contributed by atoms with van der Waals surface area (Å²) < 4.78 is 85.3. The first-order valence-electron chi connectivity index (χ1n) is 23.3. The molecule has 3 aliphatic rings. The van der Waals surface area contributed by atoms with Crippen LogP contribution in [0.4, 0.5) is 0 Å². The first-order valence-corrected chi connectivity index (χ1v) is 23.3. The van der Waals surface area contributed by atoms with E-state index in [4.69, 9.17) is 66.3 Å². The fraction of sp³-hybridized carbons (Fsp3) is 0.529. The zero-order valence-corrected chi connectivity index (χ0v) is 41.0. The summed E-state index contributed by atoms with van der Waals surface area (Å²) in [5, 5.41) is 12.2. The molecule has 1 N–H and O–H groups in total. The highest BCUT2D eigenvalue weighted by Crippen LogP contribution is 2.38. The maximum atomic E-state index is 13.2. The molecular weight excluding hydrogens is 949 g/mol. The minimum absolute atomic E-state index is 0.0189. The topological polar surface area (TPSA) is 252 Å². The van der Waals surface area contributed by atoms with Gasteiger partial charge in [0.15, 0.2) is 24.8 Å². The molecule has 3 aromatic carbocycles. The van der Waals surface area contributed by atoms with Crippen LogP contribution in [-0.2, 0) is 115 Å². The third kappa shape index (κ3) is 15.8. The summed E-state index contributed by atoms with van der Waals surface area (Å²) >= 11 is 0. The minimum Gasteiger partial charge on any atom is -0.463 e. The van der Waals surface area contributed by atoms with Crippen LogP contribution in [0.3, 0.4) is 0 Å². The molecule has 0 aromatic heterocycles. The van der Waals surface area contributed by atoms with E-state index in [-0.39, 0.29) is 19.8 Å². The van der Waals surface area contributed by atoms with E-state index < -0.39 is 141 Å². The van der Waals surface area contributed by atoms with Crippen molar-refractivity contribution in [1.82, 2.24) is 0 Å². The van der Waals surface area contributed by atoms with Gasteiger partial charge in [-0.1, -0.05) is 91.0 Å². The lowest BCUT2D eigenvalue weighted by atomic mass is 9.95. The van der Waals surface area contributed by atoms with Crippen molar-refractivity contribution in [3.8, 4) is 0 Å². The zero-order valence-electron chi connectivity index (χ0n) is 41.0. The first kappa shape index (κ1) is 55.4. The molecule has 0 aliphatic carbocycles. The molecule has 3 saturated heterocycles. The molecule has 3 aromatic rings. The lowest BCUT2D eigenvalue weighted by Crippen LogP contribution is -2.68. The first-order chi connectivity index (χ1) is 34.5. The van der Waals surface area contributed by atoms with E-state index in [1.54, 1.807) is 6.92 Å². The maximum Gasteiger partial charge on any atom is 0.305 e.